The molecule has 0 fully saturated rings. The fourth-order valence-electron chi connectivity index (χ4n) is 2.47. The van der Waals surface area contributed by atoms with Gasteiger partial charge >= 0.3 is 0 Å². The van der Waals surface area contributed by atoms with Crippen molar-refractivity contribution in [1.82, 2.24) is 20.4 Å². The molecule has 2 N–H and O–H groups in total. The lowest BCUT2D eigenvalue weighted by atomic mass is 10.2. The van der Waals surface area contributed by atoms with Crippen molar-refractivity contribution in [2.45, 2.75) is 20.0 Å². The summed E-state index contributed by atoms with van der Waals surface area (Å²) in [5.74, 6) is 0.822. The van der Waals surface area contributed by atoms with Crippen molar-refractivity contribution in [2.24, 2.45) is 4.99 Å². The molecule has 26 heavy (non-hydrogen) atoms. The molecule has 136 valence electrons. The normalized spacial score (nSPS) is 10.9. The van der Waals surface area contributed by atoms with Gasteiger partial charge in [0, 0.05) is 25.5 Å². The van der Waals surface area contributed by atoms with Crippen molar-refractivity contribution in [3.63, 3.8) is 0 Å². The average molecular weight is 461 g/mol. The number of hydrogen-bond donors (Lipinski definition) is 2. The Balaban J connectivity index is 0.00000243. The van der Waals surface area contributed by atoms with Gasteiger partial charge in [0.05, 0.1) is 12.2 Å². The van der Waals surface area contributed by atoms with Crippen LogP contribution in [0.25, 0.3) is 5.69 Å². The molecule has 0 amide bonds. The Hall–Kier alpha value is -2.35. The lowest BCUT2D eigenvalue weighted by Crippen LogP contribution is -2.36. The predicted octanol–water partition coefficient (Wildman–Crippen LogP) is 3.75. The minimum absolute atomic E-state index is 0. The number of aliphatic imine (C=N–C) groups is 1. The number of rotatable bonds is 6. The van der Waals surface area contributed by atoms with Crippen molar-refractivity contribution >= 4 is 29.9 Å². The predicted molar refractivity (Wildman–Crippen MR) is 117 cm³/mol. The van der Waals surface area contributed by atoms with Gasteiger partial charge in [0.1, 0.15) is 0 Å². The van der Waals surface area contributed by atoms with E-state index in [1.54, 1.807) is 6.20 Å². The van der Waals surface area contributed by atoms with Crippen molar-refractivity contribution in [3.05, 3.63) is 84.2 Å². The molecule has 0 aliphatic rings. The van der Waals surface area contributed by atoms with E-state index in [9.17, 15) is 0 Å². The Morgan fingerprint density at radius 2 is 1.73 bits per heavy atom. The van der Waals surface area contributed by atoms with Crippen LogP contribution in [-0.4, -0.2) is 22.3 Å². The number of benzene rings is 2. The molecule has 0 unspecified atom stereocenters. The highest BCUT2D eigenvalue weighted by molar-refractivity contribution is 14.0. The van der Waals surface area contributed by atoms with Crippen LogP contribution in [0.1, 0.15) is 18.1 Å². The van der Waals surface area contributed by atoms with Gasteiger partial charge in [-0.2, -0.15) is 5.10 Å². The van der Waals surface area contributed by atoms with Crippen molar-refractivity contribution in [1.29, 1.82) is 0 Å². The molecule has 2 aromatic carbocycles. The molecule has 0 aliphatic heterocycles. The van der Waals surface area contributed by atoms with Crippen LogP contribution in [0.5, 0.6) is 0 Å². The Morgan fingerprint density at radius 3 is 2.38 bits per heavy atom. The van der Waals surface area contributed by atoms with Crippen LogP contribution < -0.4 is 10.6 Å². The Bertz CT molecular complexity index is 783. The maximum atomic E-state index is 4.64. The van der Waals surface area contributed by atoms with Crippen LogP contribution in [0.3, 0.4) is 0 Å². The highest BCUT2D eigenvalue weighted by atomic mass is 127. The minimum Gasteiger partial charge on any atom is -0.357 e. The minimum atomic E-state index is 0. The molecule has 0 saturated carbocycles. The standard InChI is InChI=1S/C20H23N5.HI/c1-2-21-20(22-15-17-7-4-3-5-8-17)23-16-18-9-11-19(12-10-18)25-14-6-13-24-25;/h3-14H,2,15-16H2,1H3,(H2,21,22,23);1H. The number of halogens is 1. The topological polar surface area (TPSA) is 54.2 Å². The van der Waals surface area contributed by atoms with E-state index in [-0.39, 0.29) is 24.0 Å². The van der Waals surface area contributed by atoms with Gasteiger partial charge in [0.15, 0.2) is 5.96 Å². The fraction of sp³-hybridized carbons (Fsp3) is 0.200. The lowest BCUT2D eigenvalue weighted by molar-refractivity contribution is 0.814. The maximum Gasteiger partial charge on any atom is 0.191 e. The molecule has 3 aromatic rings. The highest BCUT2D eigenvalue weighted by Crippen LogP contribution is 2.08. The molecule has 1 aromatic heterocycles. The summed E-state index contributed by atoms with van der Waals surface area (Å²) in [6, 6.07) is 20.5. The van der Waals surface area contributed by atoms with Gasteiger partial charge in [-0.05, 0) is 36.2 Å². The third-order valence-corrected chi connectivity index (χ3v) is 3.77. The van der Waals surface area contributed by atoms with E-state index in [0.29, 0.717) is 6.54 Å². The molecule has 6 heteroatoms. The quantitative estimate of drug-likeness (QED) is 0.334. The van der Waals surface area contributed by atoms with Crippen molar-refractivity contribution < 1.29 is 0 Å². The van der Waals surface area contributed by atoms with E-state index in [2.05, 4.69) is 64.0 Å². The summed E-state index contributed by atoms with van der Waals surface area (Å²) >= 11 is 0. The second-order valence-corrected chi connectivity index (χ2v) is 5.65. The Kier molecular flexibility index (Phi) is 8.14. The average Bonchev–Trinajstić information content (AvgIpc) is 3.20. The van der Waals surface area contributed by atoms with E-state index in [0.717, 1.165) is 24.7 Å². The SMILES string of the molecule is CCNC(=NCc1ccccc1)NCc1ccc(-n2cccn2)cc1.I. The summed E-state index contributed by atoms with van der Waals surface area (Å²) in [5, 5.41) is 10.9. The molecule has 0 radical (unpaired) electrons. The number of guanidine groups is 1. The fourth-order valence-corrected chi connectivity index (χ4v) is 2.47. The van der Waals surface area contributed by atoms with E-state index in [4.69, 9.17) is 0 Å². The van der Waals surface area contributed by atoms with Gasteiger partial charge < -0.3 is 10.6 Å². The summed E-state index contributed by atoms with van der Waals surface area (Å²) < 4.78 is 1.85. The van der Waals surface area contributed by atoms with Gasteiger partial charge in [-0.1, -0.05) is 42.5 Å². The molecule has 3 rings (SSSR count). The third-order valence-electron chi connectivity index (χ3n) is 3.77. The summed E-state index contributed by atoms with van der Waals surface area (Å²) in [5.41, 5.74) is 3.45. The number of nitrogens with zero attached hydrogens (tertiary/aromatic N) is 3. The zero-order valence-electron chi connectivity index (χ0n) is 14.8. The van der Waals surface area contributed by atoms with Crippen LogP contribution in [0.2, 0.25) is 0 Å². The summed E-state index contributed by atoms with van der Waals surface area (Å²) in [7, 11) is 0. The second-order valence-electron chi connectivity index (χ2n) is 5.65. The zero-order valence-corrected chi connectivity index (χ0v) is 17.1. The molecule has 0 bridgehead atoms. The van der Waals surface area contributed by atoms with Crippen molar-refractivity contribution in [2.75, 3.05) is 6.54 Å². The molecule has 0 aliphatic carbocycles. The first kappa shape index (κ1) is 20.0. The van der Waals surface area contributed by atoms with Gasteiger partial charge in [0.2, 0.25) is 0 Å². The summed E-state index contributed by atoms with van der Waals surface area (Å²) in [6.07, 6.45) is 3.72. The Morgan fingerprint density at radius 1 is 0.962 bits per heavy atom. The molecule has 0 spiro atoms. The smallest absolute Gasteiger partial charge is 0.191 e. The molecular weight excluding hydrogens is 437 g/mol. The first-order valence-corrected chi connectivity index (χ1v) is 8.50. The van der Waals surface area contributed by atoms with Crippen LogP contribution in [0, 0.1) is 0 Å². The highest BCUT2D eigenvalue weighted by Gasteiger charge is 2.00. The molecule has 5 nitrogen and oxygen atoms in total. The molecule has 0 saturated heterocycles. The van der Waals surface area contributed by atoms with Crippen molar-refractivity contribution in [3.8, 4) is 5.69 Å². The Labute approximate surface area is 171 Å². The van der Waals surface area contributed by atoms with Gasteiger partial charge in [-0.15, -0.1) is 24.0 Å². The van der Waals surface area contributed by atoms with Gasteiger partial charge in [-0.25, -0.2) is 9.67 Å². The van der Waals surface area contributed by atoms with Gasteiger partial charge in [-0.3, -0.25) is 0 Å². The molecule has 0 atom stereocenters. The van der Waals surface area contributed by atoms with E-state index in [1.807, 2.05) is 35.1 Å². The van der Waals surface area contributed by atoms with E-state index in [1.165, 1.54) is 11.1 Å². The number of aromatic nitrogens is 2. The summed E-state index contributed by atoms with van der Waals surface area (Å²) in [6.45, 7) is 4.28. The van der Waals surface area contributed by atoms with E-state index < -0.39 is 0 Å². The molecule has 1 heterocycles. The van der Waals surface area contributed by atoms with Crippen LogP contribution in [0.15, 0.2) is 78.0 Å². The first-order valence-electron chi connectivity index (χ1n) is 8.50. The third kappa shape index (κ3) is 5.87. The lowest BCUT2D eigenvalue weighted by Gasteiger charge is -2.12. The van der Waals surface area contributed by atoms with E-state index >= 15 is 0 Å². The largest absolute Gasteiger partial charge is 0.357 e. The maximum absolute atomic E-state index is 4.64. The van der Waals surface area contributed by atoms with Crippen LogP contribution in [-0.2, 0) is 13.1 Å². The van der Waals surface area contributed by atoms with Gasteiger partial charge in [0.25, 0.3) is 0 Å². The monoisotopic (exact) mass is 461 g/mol. The van der Waals surface area contributed by atoms with Crippen LogP contribution >= 0.6 is 24.0 Å². The number of hydrogen-bond acceptors (Lipinski definition) is 2. The summed E-state index contributed by atoms with van der Waals surface area (Å²) in [4.78, 5) is 4.64. The van der Waals surface area contributed by atoms with Crippen LogP contribution in [0.4, 0.5) is 0 Å². The second kappa shape index (κ2) is 10.6. The zero-order chi connectivity index (χ0) is 17.3. The molecular formula is C20H24IN5. The number of nitrogens with one attached hydrogen (secondary N) is 2. The first-order chi connectivity index (χ1) is 12.3.